The number of nitrogens with one attached hydrogen (secondary N) is 1. The van der Waals surface area contributed by atoms with Crippen molar-refractivity contribution in [2.24, 2.45) is 5.73 Å². The van der Waals surface area contributed by atoms with Gasteiger partial charge in [0, 0.05) is 14.7 Å². The highest BCUT2D eigenvalue weighted by atomic mass is 79.9. The van der Waals surface area contributed by atoms with Crippen molar-refractivity contribution in [1.29, 1.82) is 0 Å². The highest BCUT2D eigenvalue weighted by molar-refractivity contribution is 9.10. The molecule has 3 N–H and O–H groups in total. The molecule has 0 fully saturated rings. The van der Waals surface area contributed by atoms with Crippen molar-refractivity contribution in [2.75, 3.05) is 5.32 Å². The first-order chi connectivity index (χ1) is 13.3. The summed E-state index contributed by atoms with van der Waals surface area (Å²) in [6.45, 7) is 6.15. The lowest BCUT2D eigenvalue weighted by Crippen LogP contribution is -2.22. The molecule has 0 spiro atoms. The van der Waals surface area contributed by atoms with Crippen LogP contribution in [0, 0.1) is 6.92 Å². The highest BCUT2D eigenvalue weighted by Gasteiger charge is 2.18. The molecule has 0 aliphatic rings. The molecule has 8 heteroatoms. The molecule has 148 valence electrons. The third-order valence-corrected chi connectivity index (χ3v) is 5.25. The summed E-state index contributed by atoms with van der Waals surface area (Å²) in [5, 5.41) is 3.46. The van der Waals surface area contributed by atoms with Gasteiger partial charge < -0.3 is 15.5 Å². The maximum absolute atomic E-state index is 12.4. The lowest BCUT2D eigenvalue weighted by atomic mass is 10.2. The number of aryl methyl sites for hydroxylation is 1. The number of rotatable bonds is 4. The van der Waals surface area contributed by atoms with Crippen LogP contribution in [-0.2, 0) is 0 Å². The summed E-state index contributed by atoms with van der Waals surface area (Å²) in [5.41, 5.74) is 4.98. The summed E-state index contributed by atoms with van der Waals surface area (Å²) in [6.07, 6.45) is 2.64. The summed E-state index contributed by atoms with van der Waals surface area (Å²) >= 11 is 4.53. The van der Waals surface area contributed by atoms with Crippen LogP contribution in [0.1, 0.15) is 52.3 Å². The maximum Gasteiger partial charge on any atom is 0.349 e. The van der Waals surface area contributed by atoms with E-state index in [2.05, 4.69) is 35.1 Å². The van der Waals surface area contributed by atoms with Crippen molar-refractivity contribution in [1.82, 2.24) is 0 Å². The monoisotopic (exact) mass is 464 g/mol. The predicted octanol–water partition coefficient (Wildman–Crippen LogP) is 5.08. The Morgan fingerprint density at radius 2 is 1.82 bits per heavy atom. The predicted molar refractivity (Wildman–Crippen MR) is 116 cm³/mol. The van der Waals surface area contributed by atoms with Crippen LogP contribution in [0.4, 0.5) is 5.00 Å². The van der Waals surface area contributed by atoms with Crippen molar-refractivity contribution < 1.29 is 14.0 Å². The SMILES string of the molecule is CCCC.Cc1cc(C(N)=O)c(NC(=O)c2cc3cc(Br)ccc3oc2=O)s1. The van der Waals surface area contributed by atoms with E-state index < -0.39 is 17.4 Å². The first-order valence-electron chi connectivity index (χ1n) is 8.71. The maximum atomic E-state index is 12.4. The molecule has 0 bridgehead atoms. The second-order valence-corrected chi connectivity index (χ2v) is 8.22. The fourth-order valence-corrected chi connectivity index (χ4v) is 3.50. The van der Waals surface area contributed by atoms with E-state index in [0.717, 1.165) is 9.35 Å². The minimum Gasteiger partial charge on any atom is -0.422 e. The molecule has 2 heterocycles. The van der Waals surface area contributed by atoms with Gasteiger partial charge in [0.05, 0.1) is 5.56 Å². The Morgan fingerprint density at radius 1 is 1.14 bits per heavy atom. The first-order valence-corrected chi connectivity index (χ1v) is 10.3. The van der Waals surface area contributed by atoms with E-state index in [1.54, 1.807) is 31.2 Å². The third-order valence-electron chi connectivity index (χ3n) is 3.79. The number of primary amides is 1. The second-order valence-electron chi connectivity index (χ2n) is 6.05. The molecule has 0 saturated heterocycles. The Labute approximate surface area is 174 Å². The number of thiophene rings is 1. The zero-order chi connectivity index (χ0) is 20.8. The van der Waals surface area contributed by atoms with Gasteiger partial charge in [0.25, 0.3) is 11.8 Å². The van der Waals surface area contributed by atoms with Gasteiger partial charge in [0.1, 0.15) is 16.1 Å². The van der Waals surface area contributed by atoms with Gasteiger partial charge in [-0.2, -0.15) is 0 Å². The Kier molecular flexibility index (Phi) is 7.53. The van der Waals surface area contributed by atoms with Crippen LogP contribution in [0.2, 0.25) is 0 Å². The number of fused-ring (bicyclic) bond motifs is 1. The van der Waals surface area contributed by atoms with E-state index in [0.29, 0.717) is 16.0 Å². The van der Waals surface area contributed by atoms with Gasteiger partial charge in [-0.25, -0.2) is 4.79 Å². The third kappa shape index (κ3) is 5.30. The average Bonchev–Trinajstić information content (AvgIpc) is 3.02. The van der Waals surface area contributed by atoms with E-state index in [1.165, 1.54) is 30.2 Å². The number of halogens is 1. The molecule has 3 aromatic rings. The highest BCUT2D eigenvalue weighted by Crippen LogP contribution is 2.28. The molecule has 3 rings (SSSR count). The molecule has 0 atom stereocenters. The fraction of sp³-hybridized carbons (Fsp3) is 0.250. The molecule has 28 heavy (non-hydrogen) atoms. The molecule has 2 aromatic heterocycles. The average molecular weight is 465 g/mol. The summed E-state index contributed by atoms with van der Waals surface area (Å²) < 4.78 is 5.96. The normalized spacial score (nSPS) is 10.3. The van der Waals surface area contributed by atoms with Gasteiger partial charge in [-0.1, -0.05) is 42.6 Å². The van der Waals surface area contributed by atoms with Crippen molar-refractivity contribution in [3.05, 3.63) is 61.2 Å². The van der Waals surface area contributed by atoms with E-state index in [4.69, 9.17) is 10.2 Å². The summed E-state index contributed by atoms with van der Waals surface area (Å²) in [4.78, 5) is 36.7. The summed E-state index contributed by atoms with van der Waals surface area (Å²) in [7, 11) is 0. The zero-order valence-electron chi connectivity index (χ0n) is 15.8. The Morgan fingerprint density at radius 3 is 2.43 bits per heavy atom. The summed E-state index contributed by atoms with van der Waals surface area (Å²) in [5.74, 6) is -1.31. The number of nitrogens with two attached hydrogens (primary N) is 1. The molecule has 0 aliphatic heterocycles. The van der Waals surface area contributed by atoms with Crippen LogP contribution in [0.5, 0.6) is 0 Å². The van der Waals surface area contributed by atoms with Crippen LogP contribution in [0.25, 0.3) is 11.0 Å². The van der Waals surface area contributed by atoms with Crippen LogP contribution in [0.15, 0.2) is 44.0 Å². The minimum absolute atomic E-state index is 0.151. The topological polar surface area (TPSA) is 102 Å². The molecular weight excluding hydrogens is 444 g/mol. The Bertz CT molecular complexity index is 1070. The van der Waals surface area contributed by atoms with Crippen molar-refractivity contribution in [3.63, 3.8) is 0 Å². The number of benzene rings is 1. The lowest BCUT2D eigenvalue weighted by molar-refractivity contribution is 0.100. The number of unbranched alkanes of at least 4 members (excludes halogenated alkanes) is 1. The molecule has 0 saturated carbocycles. The van der Waals surface area contributed by atoms with E-state index in [-0.39, 0.29) is 11.1 Å². The van der Waals surface area contributed by atoms with Crippen molar-refractivity contribution in [3.8, 4) is 0 Å². The molecule has 6 nitrogen and oxygen atoms in total. The number of amides is 2. The standard InChI is InChI=1S/C16H11BrN2O4S.C4H10/c1-7-4-10(13(18)20)15(24-7)19-14(21)11-6-8-5-9(17)2-3-12(8)23-16(11)22;1-3-4-2/h2-6H,1H3,(H2,18,20)(H,19,21);3-4H2,1-2H3. The number of carbonyl (C=O) groups is 2. The van der Waals surface area contributed by atoms with Gasteiger partial charge in [-0.3, -0.25) is 9.59 Å². The fourth-order valence-electron chi connectivity index (χ4n) is 2.21. The van der Waals surface area contributed by atoms with Gasteiger partial charge in [0.2, 0.25) is 0 Å². The molecule has 2 amide bonds. The van der Waals surface area contributed by atoms with E-state index in [9.17, 15) is 14.4 Å². The smallest absolute Gasteiger partial charge is 0.349 e. The van der Waals surface area contributed by atoms with Crippen LogP contribution < -0.4 is 16.7 Å². The number of hydrogen-bond donors (Lipinski definition) is 2. The number of carbonyl (C=O) groups excluding carboxylic acids is 2. The van der Waals surface area contributed by atoms with Gasteiger partial charge >= 0.3 is 5.63 Å². The largest absolute Gasteiger partial charge is 0.422 e. The van der Waals surface area contributed by atoms with Gasteiger partial charge in [-0.05, 0) is 37.3 Å². The zero-order valence-corrected chi connectivity index (χ0v) is 18.2. The molecular formula is C20H21BrN2O4S. The molecule has 0 unspecified atom stereocenters. The quantitative estimate of drug-likeness (QED) is 0.525. The van der Waals surface area contributed by atoms with Crippen molar-refractivity contribution >= 4 is 55.1 Å². The second kappa shape index (κ2) is 9.66. The van der Waals surface area contributed by atoms with E-state index in [1.807, 2.05) is 0 Å². The Hall–Kier alpha value is -2.45. The van der Waals surface area contributed by atoms with Gasteiger partial charge in [0.15, 0.2) is 0 Å². The molecule has 0 aliphatic carbocycles. The molecule has 0 radical (unpaired) electrons. The summed E-state index contributed by atoms with van der Waals surface area (Å²) in [6, 6.07) is 8.14. The lowest BCUT2D eigenvalue weighted by Gasteiger charge is -2.05. The van der Waals surface area contributed by atoms with Crippen molar-refractivity contribution in [2.45, 2.75) is 33.6 Å². The number of hydrogen-bond acceptors (Lipinski definition) is 5. The minimum atomic E-state index is -0.753. The van der Waals surface area contributed by atoms with E-state index >= 15 is 0 Å². The van der Waals surface area contributed by atoms with Crippen LogP contribution >= 0.6 is 27.3 Å². The Balaban J connectivity index is 0.000000640. The first kappa shape index (κ1) is 21.8. The van der Waals surface area contributed by atoms with Crippen LogP contribution in [0.3, 0.4) is 0 Å². The number of anilines is 1. The van der Waals surface area contributed by atoms with Crippen LogP contribution in [-0.4, -0.2) is 11.8 Å². The molecule has 1 aromatic carbocycles. The van der Waals surface area contributed by atoms with Gasteiger partial charge in [-0.15, -0.1) is 11.3 Å².